The smallest absolute Gasteiger partial charge is 0.273 e. The SMILES string of the molecule is O=C(CCn1[nH]c(=O)c2ccccc2c1=O)NCc1cccnc1. The quantitative estimate of drug-likeness (QED) is 0.725. The maximum atomic E-state index is 12.3. The molecule has 0 spiro atoms. The number of carbonyl (C=O) groups excluding carboxylic acids is 1. The molecule has 7 nitrogen and oxygen atoms in total. The predicted molar refractivity (Wildman–Crippen MR) is 89.5 cm³/mol. The first kappa shape index (κ1) is 15.7. The molecule has 0 saturated heterocycles. The average molecular weight is 324 g/mol. The van der Waals surface area contributed by atoms with Crippen LogP contribution in [0.1, 0.15) is 12.0 Å². The van der Waals surface area contributed by atoms with E-state index < -0.39 is 0 Å². The Bertz CT molecular complexity index is 976. The van der Waals surface area contributed by atoms with Gasteiger partial charge in [0.15, 0.2) is 0 Å². The molecule has 3 rings (SSSR count). The van der Waals surface area contributed by atoms with Gasteiger partial charge in [-0.2, -0.15) is 0 Å². The van der Waals surface area contributed by atoms with Crippen molar-refractivity contribution in [1.29, 1.82) is 0 Å². The van der Waals surface area contributed by atoms with E-state index in [1.54, 1.807) is 42.7 Å². The molecule has 0 aliphatic rings. The molecule has 1 amide bonds. The minimum absolute atomic E-state index is 0.0917. The summed E-state index contributed by atoms with van der Waals surface area (Å²) in [6.45, 7) is 0.480. The lowest BCUT2D eigenvalue weighted by Gasteiger charge is -2.08. The van der Waals surface area contributed by atoms with Gasteiger partial charge in [0.25, 0.3) is 11.1 Å². The Balaban J connectivity index is 1.67. The van der Waals surface area contributed by atoms with Gasteiger partial charge in [-0.3, -0.25) is 24.5 Å². The van der Waals surface area contributed by atoms with Crippen LogP contribution in [0.3, 0.4) is 0 Å². The topological polar surface area (TPSA) is 96.9 Å². The molecule has 3 aromatic rings. The number of hydrogen-bond donors (Lipinski definition) is 2. The highest BCUT2D eigenvalue weighted by Crippen LogP contribution is 2.02. The predicted octanol–water partition coefficient (Wildman–Crippen LogP) is 0.791. The van der Waals surface area contributed by atoms with Crippen LogP contribution in [0.2, 0.25) is 0 Å². The molecule has 0 saturated carbocycles. The van der Waals surface area contributed by atoms with Crippen molar-refractivity contribution >= 4 is 16.7 Å². The summed E-state index contributed by atoms with van der Waals surface area (Å²) in [6, 6.07) is 10.3. The second-order valence-corrected chi connectivity index (χ2v) is 5.33. The van der Waals surface area contributed by atoms with E-state index in [0.717, 1.165) is 5.56 Å². The van der Waals surface area contributed by atoms with Crippen LogP contribution in [0, 0.1) is 0 Å². The van der Waals surface area contributed by atoms with Crippen LogP contribution in [-0.4, -0.2) is 20.7 Å². The van der Waals surface area contributed by atoms with Gasteiger partial charge in [-0.25, -0.2) is 4.68 Å². The molecule has 0 unspecified atom stereocenters. The number of nitrogens with one attached hydrogen (secondary N) is 2. The minimum atomic E-state index is -0.346. The molecule has 0 radical (unpaired) electrons. The van der Waals surface area contributed by atoms with E-state index in [2.05, 4.69) is 15.4 Å². The number of pyridine rings is 1. The zero-order valence-electron chi connectivity index (χ0n) is 12.9. The van der Waals surface area contributed by atoms with Gasteiger partial charge in [0.1, 0.15) is 0 Å². The van der Waals surface area contributed by atoms with Crippen molar-refractivity contribution < 1.29 is 4.79 Å². The van der Waals surface area contributed by atoms with Crippen LogP contribution in [0.4, 0.5) is 0 Å². The fourth-order valence-corrected chi connectivity index (χ4v) is 2.41. The van der Waals surface area contributed by atoms with Gasteiger partial charge in [0.2, 0.25) is 5.91 Å². The second-order valence-electron chi connectivity index (χ2n) is 5.33. The molecule has 0 aliphatic carbocycles. The summed E-state index contributed by atoms with van der Waals surface area (Å²) in [5, 5.41) is 5.95. The zero-order chi connectivity index (χ0) is 16.9. The van der Waals surface area contributed by atoms with Crippen LogP contribution in [0.25, 0.3) is 10.8 Å². The van der Waals surface area contributed by atoms with E-state index in [4.69, 9.17) is 0 Å². The Morgan fingerprint density at radius 2 is 1.92 bits per heavy atom. The second kappa shape index (κ2) is 6.91. The first-order valence-electron chi connectivity index (χ1n) is 7.52. The van der Waals surface area contributed by atoms with Gasteiger partial charge in [0, 0.05) is 25.4 Å². The highest BCUT2D eigenvalue weighted by Gasteiger charge is 2.08. The van der Waals surface area contributed by atoms with Crippen LogP contribution >= 0.6 is 0 Å². The third-order valence-electron chi connectivity index (χ3n) is 3.66. The normalized spacial score (nSPS) is 10.7. The Kier molecular flexibility index (Phi) is 4.51. The summed E-state index contributed by atoms with van der Waals surface area (Å²) in [6.07, 6.45) is 3.42. The van der Waals surface area contributed by atoms with Crippen LogP contribution in [-0.2, 0) is 17.9 Å². The highest BCUT2D eigenvalue weighted by molar-refractivity contribution is 5.80. The number of amides is 1. The van der Waals surface area contributed by atoms with Crippen molar-refractivity contribution in [3.8, 4) is 0 Å². The summed E-state index contributed by atoms with van der Waals surface area (Å²) < 4.78 is 1.17. The van der Waals surface area contributed by atoms with Gasteiger partial charge in [-0.05, 0) is 23.8 Å². The van der Waals surface area contributed by atoms with Crippen LogP contribution in [0.15, 0.2) is 58.4 Å². The molecule has 2 heterocycles. The van der Waals surface area contributed by atoms with E-state index in [1.165, 1.54) is 4.68 Å². The summed E-state index contributed by atoms with van der Waals surface area (Å²) in [5.74, 6) is -0.209. The molecule has 0 aliphatic heterocycles. The monoisotopic (exact) mass is 324 g/mol. The van der Waals surface area contributed by atoms with Gasteiger partial charge in [-0.15, -0.1) is 0 Å². The summed E-state index contributed by atoms with van der Waals surface area (Å²) in [4.78, 5) is 40.2. The van der Waals surface area contributed by atoms with Crippen LogP contribution in [0.5, 0.6) is 0 Å². The van der Waals surface area contributed by atoms with E-state index >= 15 is 0 Å². The van der Waals surface area contributed by atoms with E-state index in [1.807, 2.05) is 6.07 Å². The third kappa shape index (κ3) is 3.40. The molecule has 0 atom stereocenters. The lowest BCUT2D eigenvalue weighted by atomic mass is 10.2. The number of fused-ring (bicyclic) bond motifs is 1. The molecular weight excluding hydrogens is 308 g/mol. The van der Waals surface area contributed by atoms with Crippen molar-refractivity contribution in [2.24, 2.45) is 0 Å². The summed E-state index contributed by atoms with van der Waals surface area (Å²) in [7, 11) is 0. The Morgan fingerprint density at radius 1 is 1.12 bits per heavy atom. The van der Waals surface area contributed by atoms with Gasteiger partial charge in [-0.1, -0.05) is 18.2 Å². The number of carbonyl (C=O) groups is 1. The molecule has 24 heavy (non-hydrogen) atoms. The average Bonchev–Trinajstić information content (AvgIpc) is 2.62. The number of aromatic amines is 1. The largest absolute Gasteiger partial charge is 0.352 e. The Hall–Kier alpha value is -3.22. The van der Waals surface area contributed by atoms with Crippen molar-refractivity contribution in [3.63, 3.8) is 0 Å². The summed E-state index contributed by atoms with van der Waals surface area (Å²) >= 11 is 0. The number of rotatable bonds is 5. The van der Waals surface area contributed by atoms with Crippen molar-refractivity contribution in [2.75, 3.05) is 0 Å². The fraction of sp³-hybridized carbons (Fsp3) is 0.176. The molecule has 0 fully saturated rings. The van der Waals surface area contributed by atoms with Crippen molar-refractivity contribution in [3.05, 3.63) is 75.1 Å². The molecule has 7 heteroatoms. The molecule has 1 aromatic carbocycles. The fourth-order valence-electron chi connectivity index (χ4n) is 2.41. The first-order chi connectivity index (χ1) is 11.6. The number of nitrogens with zero attached hydrogens (tertiary/aromatic N) is 2. The van der Waals surface area contributed by atoms with Crippen molar-refractivity contribution in [1.82, 2.24) is 20.1 Å². The molecule has 0 bridgehead atoms. The molecule has 122 valence electrons. The molecule has 2 N–H and O–H groups in total. The van der Waals surface area contributed by atoms with Gasteiger partial charge >= 0.3 is 0 Å². The zero-order valence-corrected chi connectivity index (χ0v) is 12.9. The third-order valence-corrected chi connectivity index (χ3v) is 3.66. The number of aromatic nitrogens is 3. The van der Waals surface area contributed by atoms with E-state index in [9.17, 15) is 14.4 Å². The number of H-pyrrole nitrogens is 1. The number of benzene rings is 1. The highest BCUT2D eigenvalue weighted by atomic mass is 16.2. The maximum Gasteiger partial charge on any atom is 0.273 e. The van der Waals surface area contributed by atoms with E-state index in [-0.39, 0.29) is 30.0 Å². The lowest BCUT2D eigenvalue weighted by Crippen LogP contribution is -2.32. The molecular formula is C17H16N4O3. The Labute approximate surface area is 137 Å². The summed E-state index contributed by atoms with van der Waals surface area (Å²) in [5.41, 5.74) is 0.230. The van der Waals surface area contributed by atoms with Crippen LogP contribution < -0.4 is 16.4 Å². The van der Waals surface area contributed by atoms with Gasteiger partial charge < -0.3 is 5.32 Å². The lowest BCUT2D eigenvalue weighted by molar-refractivity contribution is -0.121. The number of hydrogen-bond acceptors (Lipinski definition) is 4. The maximum absolute atomic E-state index is 12.3. The number of aryl methyl sites for hydroxylation is 1. The first-order valence-corrected chi connectivity index (χ1v) is 7.52. The standard InChI is InChI=1S/C17H16N4O3/c22-15(19-11-12-4-3-8-18-10-12)7-9-21-17(24)14-6-2-1-5-13(14)16(23)20-21/h1-6,8,10H,7,9,11H2,(H,19,22)(H,20,23). The van der Waals surface area contributed by atoms with E-state index in [0.29, 0.717) is 17.3 Å². The minimum Gasteiger partial charge on any atom is -0.352 e. The Morgan fingerprint density at radius 3 is 2.67 bits per heavy atom. The molecule has 2 aromatic heterocycles. The van der Waals surface area contributed by atoms with Crippen molar-refractivity contribution in [2.45, 2.75) is 19.5 Å². The van der Waals surface area contributed by atoms with Gasteiger partial charge in [0.05, 0.1) is 17.3 Å².